The molecule has 64 heavy (non-hydrogen) atoms. The van der Waals surface area contributed by atoms with Crippen LogP contribution >= 0.6 is 0 Å². The van der Waals surface area contributed by atoms with Gasteiger partial charge in [0.1, 0.15) is 23.7 Å². The monoisotopic (exact) mass is 868 g/mol. The zero-order chi connectivity index (χ0) is 44.5. The molecule has 5 heterocycles. The molecule has 4 N–H and O–H groups in total. The van der Waals surface area contributed by atoms with Crippen molar-refractivity contribution >= 4 is 45.8 Å². The van der Waals surface area contributed by atoms with Crippen LogP contribution in [0.2, 0.25) is 0 Å². The number of alkyl carbamates (subject to hydrolysis) is 2. The second-order valence-corrected chi connectivity index (χ2v) is 17.8. The molecule has 0 spiro atoms. The van der Waals surface area contributed by atoms with E-state index in [1.54, 1.807) is 0 Å². The number of hydrogen-bond donors (Lipinski definition) is 4. The number of rotatable bonds is 10. The summed E-state index contributed by atoms with van der Waals surface area (Å²) in [5.74, 6) is 8.41. The first-order chi connectivity index (χ1) is 31.1. The van der Waals surface area contributed by atoms with Crippen molar-refractivity contribution in [3.63, 3.8) is 0 Å². The second kappa shape index (κ2) is 18.4. The van der Waals surface area contributed by atoms with Crippen molar-refractivity contribution in [1.82, 2.24) is 40.4 Å². The maximum Gasteiger partial charge on any atom is 0.407 e. The Morgan fingerprint density at radius 1 is 0.797 bits per heavy atom. The number of likely N-dealkylation sites (tertiary alicyclic amines) is 2. The van der Waals surface area contributed by atoms with Crippen LogP contribution in [0.15, 0.2) is 54.7 Å². The van der Waals surface area contributed by atoms with Crippen molar-refractivity contribution in [3.8, 4) is 34.2 Å². The Bertz CT molecular complexity index is 2630. The summed E-state index contributed by atoms with van der Waals surface area (Å²) in [7, 11) is 2.61. The van der Waals surface area contributed by atoms with Gasteiger partial charge in [-0.3, -0.25) is 9.59 Å². The van der Waals surface area contributed by atoms with Gasteiger partial charge in [0, 0.05) is 48.7 Å². The van der Waals surface area contributed by atoms with Crippen LogP contribution in [0.3, 0.4) is 0 Å². The Hall–Kier alpha value is -6.40. The van der Waals surface area contributed by atoms with E-state index in [4.69, 9.17) is 24.2 Å². The van der Waals surface area contributed by atoms with Crippen molar-refractivity contribution in [2.45, 2.75) is 89.4 Å². The number of carbonyl (C=O) groups is 4. The van der Waals surface area contributed by atoms with Crippen molar-refractivity contribution < 1.29 is 33.4 Å². The second-order valence-electron chi connectivity index (χ2n) is 17.8. The van der Waals surface area contributed by atoms with E-state index in [2.05, 4.69) is 74.9 Å². The highest BCUT2D eigenvalue weighted by Crippen LogP contribution is 2.38. The van der Waals surface area contributed by atoms with Crippen LogP contribution in [0.1, 0.15) is 94.5 Å². The number of nitrogens with zero attached hydrogens (tertiary/aromatic N) is 4. The molecule has 4 amide bonds. The lowest BCUT2D eigenvalue weighted by molar-refractivity contribution is -0.137. The number of nitrogens with one attached hydrogen (secondary N) is 4. The van der Waals surface area contributed by atoms with Gasteiger partial charge in [0.05, 0.1) is 49.2 Å². The Balaban J connectivity index is 0.972. The molecule has 0 unspecified atom stereocenters. The number of benzene rings is 3. The fourth-order valence-corrected chi connectivity index (χ4v) is 9.58. The van der Waals surface area contributed by atoms with Gasteiger partial charge in [-0.2, -0.15) is 0 Å². The predicted molar refractivity (Wildman–Crippen MR) is 241 cm³/mol. The number of amides is 4. The summed E-state index contributed by atoms with van der Waals surface area (Å²) in [5.41, 5.74) is 6.48. The number of aromatic nitrogens is 4. The van der Waals surface area contributed by atoms with Gasteiger partial charge in [0.2, 0.25) is 11.8 Å². The normalized spacial score (nSPS) is 20.0. The van der Waals surface area contributed by atoms with Crippen molar-refractivity contribution in [1.29, 1.82) is 0 Å². The zero-order valence-corrected chi connectivity index (χ0v) is 36.9. The molecule has 334 valence electrons. The Kier molecular flexibility index (Phi) is 12.3. The van der Waals surface area contributed by atoms with Gasteiger partial charge in [-0.25, -0.2) is 19.6 Å². The molecule has 3 aliphatic heterocycles. The van der Waals surface area contributed by atoms with Crippen LogP contribution in [0.25, 0.3) is 44.2 Å². The molecule has 1 saturated carbocycles. The first kappa shape index (κ1) is 42.9. The van der Waals surface area contributed by atoms with Gasteiger partial charge in [0.15, 0.2) is 0 Å². The lowest BCUT2D eigenvalue weighted by atomic mass is 9.90. The number of aromatic amines is 2. The van der Waals surface area contributed by atoms with Crippen LogP contribution in [0.5, 0.6) is 0 Å². The molecule has 2 aromatic heterocycles. The van der Waals surface area contributed by atoms with Crippen LogP contribution in [0.4, 0.5) is 9.59 Å². The number of methoxy groups -OCH3 is 2. The smallest absolute Gasteiger partial charge is 0.407 e. The summed E-state index contributed by atoms with van der Waals surface area (Å²) in [6, 6.07) is 15.0. The average molecular weight is 869 g/mol. The number of imidazole rings is 2. The largest absolute Gasteiger partial charge is 0.453 e. The van der Waals surface area contributed by atoms with E-state index in [-0.39, 0.29) is 35.7 Å². The number of fused-ring (bicyclic) bond motifs is 3. The van der Waals surface area contributed by atoms with Crippen molar-refractivity contribution in [2.24, 2.45) is 17.8 Å². The molecule has 4 fully saturated rings. The summed E-state index contributed by atoms with van der Waals surface area (Å²) in [5, 5.41) is 7.59. The van der Waals surface area contributed by atoms with E-state index in [0.717, 1.165) is 94.1 Å². The third kappa shape index (κ3) is 8.75. The minimum Gasteiger partial charge on any atom is -0.453 e. The molecule has 4 atom stereocenters. The van der Waals surface area contributed by atoms with Gasteiger partial charge in [-0.05, 0) is 97.9 Å². The number of ether oxygens (including phenoxy) is 3. The van der Waals surface area contributed by atoms with E-state index in [1.807, 2.05) is 35.9 Å². The molecule has 15 nitrogen and oxygen atoms in total. The number of carbonyl (C=O) groups excluding carboxylic acids is 4. The van der Waals surface area contributed by atoms with Crippen molar-refractivity contribution in [2.75, 3.05) is 40.5 Å². The molecular formula is C49H56N8O7. The fourth-order valence-electron chi connectivity index (χ4n) is 9.58. The van der Waals surface area contributed by atoms with Gasteiger partial charge in [-0.1, -0.05) is 56.0 Å². The molecule has 5 aromatic rings. The summed E-state index contributed by atoms with van der Waals surface area (Å²) in [6.45, 7) is 6.08. The molecule has 3 saturated heterocycles. The van der Waals surface area contributed by atoms with Crippen LogP contribution in [-0.4, -0.2) is 106 Å². The molecule has 3 aromatic carbocycles. The quantitative estimate of drug-likeness (QED) is 0.104. The Labute approximate surface area is 372 Å². The van der Waals surface area contributed by atoms with Crippen LogP contribution < -0.4 is 10.6 Å². The summed E-state index contributed by atoms with van der Waals surface area (Å²) < 4.78 is 15.3. The maximum atomic E-state index is 14.1. The van der Waals surface area contributed by atoms with Crippen LogP contribution in [-0.2, 0) is 23.8 Å². The standard InChI is InChI=1S/C49H56N8O7/c1-28(2)41(54-48(60)62-3)46(58)57-22-6-8-40(57)45-51-37-18-15-33-25-32(13-17-36(33)43(37)53-45)35-16-14-34(26-31(35)12-11-29-9-10-29)38-27-50-44(52-38)39-7-5-21-56(39)47(59)42(55-49(61)63-4)30-19-23-64-24-20-30/h13-18,25-30,39-42H,5-10,19-24H2,1-4H3,(H,50,52)(H,51,53)(H,54,60)(H,55,61)/t39-,40-,41-,42-/m0/s1. The predicted octanol–water partition coefficient (Wildman–Crippen LogP) is 7.39. The van der Waals surface area contributed by atoms with E-state index < -0.39 is 24.3 Å². The minimum atomic E-state index is -0.707. The molecule has 9 rings (SSSR count). The fraction of sp³-hybridized carbons (Fsp3) is 0.469. The average Bonchev–Trinajstić information content (AvgIpc) is 3.77. The third-order valence-electron chi connectivity index (χ3n) is 13.3. The Morgan fingerprint density at radius 3 is 2.22 bits per heavy atom. The molecule has 0 radical (unpaired) electrons. The zero-order valence-electron chi connectivity index (χ0n) is 36.9. The number of H-pyrrole nitrogens is 2. The SMILES string of the molecule is COC(=O)N[C@H](C(=O)N1CCC[C@H]1c1nc2c(ccc3cc(-c4ccc(-c5cnc([C@@H]6CCCN6C(=O)[C@@H](NC(=O)OC)C6CCOCC6)[nH]5)cc4C#CC4CC4)ccc32)[nH]1)C(C)C. The Morgan fingerprint density at radius 2 is 1.50 bits per heavy atom. The van der Waals surface area contributed by atoms with E-state index in [0.29, 0.717) is 50.9 Å². The van der Waals surface area contributed by atoms with E-state index in [1.165, 1.54) is 14.2 Å². The summed E-state index contributed by atoms with van der Waals surface area (Å²) in [6.07, 6.45) is 7.37. The lowest BCUT2D eigenvalue weighted by Crippen LogP contribution is -2.53. The van der Waals surface area contributed by atoms with E-state index >= 15 is 0 Å². The molecule has 1 aliphatic carbocycles. The summed E-state index contributed by atoms with van der Waals surface area (Å²) >= 11 is 0. The van der Waals surface area contributed by atoms with Gasteiger partial charge < -0.3 is 44.6 Å². The first-order valence-electron chi connectivity index (χ1n) is 22.6. The lowest BCUT2D eigenvalue weighted by Gasteiger charge is -2.34. The summed E-state index contributed by atoms with van der Waals surface area (Å²) in [4.78, 5) is 73.1. The third-order valence-corrected chi connectivity index (χ3v) is 13.3. The van der Waals surface area contributed by atoms with E-state index in [9.17, 15) is 19.2 Å². The first-order valence-corrected chi connectivity index (χ1v) is 22.6. The highest BCUT2D eigenvalue weighted by atomic mass is 16.5. The molecule has 0 bridgehead atoms. The molecule has 4 aliphatic rings. The van der Waals surface area contributed by atoms with Gasteiger partial charge in [-0.15, -0.1) is 0 Å². The maximum absolute atomic E-state index is 14.1. The highest BCUT2D eigenvalue weighted by molar-refractivity contribution is 6.05. The van der Waals surface area contributed by atoms with Crippen LogP contribution in [0, 0.1) is 29.6 Å². The van der Waals surface area contributed by atoms with Crippen molar-refractivity contribution in [3.05, 3.63) is 71.9 Å². The highest BCUT2D eigenvalue weighted by Gasteiger charge is 2.41. The minimum absolute atomic E-state index is 0.0429. The topological polar surface area (TPSA) is 184 Å². The molecular weight excluding hydrogens is 813 g/mol. The van der Waals surface area contributed by atoms with Gasteiger partial charge in [0.25, 0.3) is 0 Å². The molecule has 15 heteroatoms. The van der Waals surface area contributed by atoms with Gasteiger partial charge >= 0.3 is 12.2 Å². The number of hydrogen-bond acceptors (Lipinski definition) is 9.